The summed E-state index contributed by atoms with van der Waals surface area (Å²) in [5, 5.41) is 5.06. The largest absolute Gasteiger partial charge is 0.453 e. The van der Waals surface area contributed by atoms with Gasteiger partial charge in [-0.1, -0.05) is 6.92 Å². The lowest BCUT2D eigenvalue weighted by Crippen LogP contribution is -2.44. The molecule has 29 heavy (non-hydrogen) atoms. The maximum absolute atomic E-state index is 13.9. The second kappa shape index (κ2) is 9.72. The number of urea groups is 1. The summed E-state index contributed by atoms with van der Waals surface area (Å²) in [6, 6.07) is 6.40. The summed E-state index contributed by atoms with van der Waals surface area (Å²) in [6.07, 6.45) is 6.18. The number of rotatable bonds is 5. The quantitative estimate of drug-likeness (QED) is 0.565. The van der Waals surface area contributed by atoms with Crippen LogP contribution in [0.25, 0.3) is 0 Å². The predicted octanol–water partition coefficient (Wildman–Crippen LogP) is 4.56. The Morgan fingerprint density at radius 1 is 1.24 bits per heavy atom. The van der Waals surface area contributed by atoms with E-state index in [1.807, 2.05) is 6.92 Å². The van der Waals surface area contributed by atoms with Crippen LogP contribution < -0.4 is 15.5 Å². The number of hydrogen-bond donors (Lipinski definition) is 2. The van der Waals surface area contributed by atoms with Gasteiger partial charge in [0.15, 0.2) is 5.75 Å². The van der Waals surface area contributed by atoms with Crippen LogP contribution in [0.4, 0.5) is 25.4 Å². The summed E-state index contributed by atoms with van der Waals surface area (Å²) in [5.41, 5.74) is 0.626. The molecule has 0 saturated carbocycles. The van der Waals surface area contributed by atoms with Gasteiger partial charge in [0.1, 0.15) is 5.82 Å². The van der Waals surface area contributed by atoms with Crippen LogP contribution in [0.1, 0.15) is 32.6 Å². The van der Waals surface area contributed by atoms with Crippen molar-refractivity contribution in [1.82, 2.24) is 9.88 Å². The summed E-state index contributed by atoms with van der Waals surface area (Å²) in [7, 11) is 0. The van der Waals surface area contributed by atoms with Gasteiger partial charge in [0.05, 0.1) is 11.9 Å². The minimum absolute atomic E-state index is 0.0416. The van der Waals surface area contributed by atoms with Gasteiger partial charge in [-0.15, -0.1) is 0 Å². The Morgan fingerprint density at radius 2 is 2.07 bits per heavy atom. The second-order valence-electron chi connectivity index (χ2n) is 6.68. The van der Waals surface area contributed by atoms with E-state index in [2.05, 4.69) is 15.6 Å². The number of carbonyl (C=O) groups is 2. The number of nitrogens with zero attached hydrogens (tertiary/aromatic N) is 2. The third-order valence-corrected chi connectivity index (χ3v) is 4.59. The van der Waals surface area contributed by atoms with E-state index in [1.165, 1.54) is 12.3 Å². The number of anilines is 2. The zero-order valence-electron chi connectivity index (χ0n) is 16.1. The number of benzene rings is 1. The van der Waals surface area contributed by atoms with E-state index in [0.29, 0.717) is 12.2 Å². The van der Waals surface area contributed by atoms with Crippen molar-refractivity contribution in [3.63, 3.8) is 0 Å². The number of piperidine rings is 1. The number of halogens is 1. The van der Waals surface area contributed by atoms with Crippen molar-refractivity contribution < 1.29 is 23.8 Å². The van der Waals surface area contributed by atoms with Crippen LogP contribution in [-0.2, 0) is 4.89 Å². The normalized spacial score (nSPS) is 16.1. The van der Waals surface area contributed by atoms with Gasteiger partial charge in [-0.3, -0.25) is 9.87 Å². The molecule has 154 valence electrons. The molecular weight excluding hydrogens is 379 g/mol. The van der Waals surface area contributed by atoms with Gasteiger partial charge in [0.25, 0.3) is 0 Å². The van der Waals surface area contributed by atoms with E-state index < -0.39 is 17.9 Å². The van der Waals surface area contributed by atoms with Gasteiger partial charge >= 0.3 is 12.1 Å². The molecule has 1 atom stereocenters. The van der Waals surface area contributed by atoms with Gasteiger partial charge in [0, 0.05) is 36.6 Å². The van der Waals surface area contributed by atoms with Gasteiger partial charge in [-0.05, 0) is 43.9 Å². The lowest BCUT2D eigenvalue weighted by molar-refractivity contribution is -0.158. The maximum Gasteiger partial charge on any atom is 0.453 e. The SMILES string of the molecule is CC[C@H]1CCCCN1C(=O)OOc1cc(F)cc(NC(=O)Nc2cccnc2)c1. The zero-order valence-corrected chi connectivity index (χ0v) is 16.1. The fourth-order valence-electron chi connectivity index (χ4n) is 3.21. The maximum atomic E-state index is 13.9. The molecule has 1 aliphatic heterocycles. The summed E-state index contributed by atoms with van der Waals surface area (Å²) in [4.78, 5) is 39.8. The molecule has 1 fully saturated rings. The van der Waals surface area contributed by atoms with Crippen molar-refractivity contribution in [3.8, 4) is 5.75 Å². The van der Waals surface area contributed by atoms with Gasteiger partial charge in [-0.25, -0.2) is 18.9 Å². The van der Waals surface area contributed by atoms with E-state index >= 15 is 0 Å². The molecule has 0 aliphatic carbocycles. The first-order valence-corrected chi connectivity index (χ1v) is 9.49. The highest BCUT2D eigenvalue weighted by Gasteiger charge is 2.27. The van der Waals surface area contributed by atoms with Gasteiger partial charge < -0.3 is 15.5 Å². The first-order valence-electron chi connectivity index (χ1n) is 9.49. The van der Waals surface area contributed by atoms with E-state index in [4.69, 9.17) is 9.78 Å². The Morgan fingerprint density at radius 3 is 2.83 bits per heavy atom. The van der Waals surface area contributed by atoms with Crippen molar-refractivity contribution in [2.75, 3.05) is 17.2 Å². The van der Waals surface area contributed by atoms with Crippen molar-refractivity contribution in [2.45, 2.75) is 38.6 Å². The molecule has 0 spiro atoms. The summed E-state index contributed by atoms with van der Waals surface area (Å²) < 4.78 is 13.9. The fraction of sp³-hybridized carbons (Fsp3) is 0.350. The smallest absolute Gasteiger partial charge is 0.307 e. The highest BCUT2D eigenvalue weighted by atomic mass is 19.1. The molecule has 1 aromatic heterocycles. The summed E-state index contributed by atoms with van der Waals surface area (Å²) in [6.45, 7) is 2.61. The average molecular weight is 402 g/mol. The van der Waals surface area contributed by atoms with Crippen molar-refractivity contribution in [1.29, 1.82) is 0 Å². The van der Waals surface area contributed by atoms with Crippen LogP contribution in [0.3, 0.4) is 0 Å². The molecule has 0 bridgehead atoms. The highest BCUT2D eigenvalue weighted by Crippen LogP contribution is 2.23. The van der Waals surface area contributed by atoms with Crippen LogP contribution in [0, 0.1) is 5.82 Å². The number of hydrogen-bond acceptors (Lipinski definition) is 5. The third kappa shape index (κ3) is 5.81. The van der Waals surface area contributed by atoms with Crippen molar-refractivity contribution >= 4 is 23.5 Å². The van der Waals surface area contributed by atoms with E-state index in [0.717, 1.165) is 37.8 Å². The molecule has 9 heteroatoms. The molecular formula is C20H23FN4O4. The molecule has 3 rings (SSSR count). The Kier molecular flexibility index (Phi) is 6.83. The minimum Gasteiger partial charge on any atom is -0.307 e. The lowest BCUT2D eigenvalue weighted by atomic mass is 10.0. The molecule has 0 unspecified atom stereocenters. The topological polar surface area (TPSA) is 92.8 Å². The Bertz CT molecular complexity index is 850. The number of pyridine rings is 1. The van der Waals surface area contributed by atoms with E-state index in [9.17, 15) is 14.0 Å². The molecule has 0 radical (unpaired) electrons. The van der Waals surface area contributed by atoms with E-state index in [1.54, 1.807) is 23.2 Å². The van der Waals surface area contributed by atoms with Gasteiger partial charge in [-0.2, -0.15) is 0 Å². The molecule has 2 aromatic rings. The van der Waals surface area contributed by atoms with Crippen LogP contribution in [-0.4, -0.2) is 34.6 Å². The van der Waals surface area contributed by atoms with Crippen LogP contribution in [0.15, 0.2) is 42.7 Å². The number of nitrogens with one attached hydrogen (secondary N) is 2. The summed E-state index contributed by atoms with van der Waals surface area (Å²) in [5.74, 6) is -0.695. The monoisotopic (exact) mass is 402 g/mol. The Balaban J connectivity index is 1.58. The Labute approximate surface area is 167 Å². The van der Waals surface area contributed by atoms with Crippen LogP contribution >= 0.6 is 0 Å². The first-order chi connectivity index (χ1) is 14.0. The number of carbonyl (C=O) groups excluding carboxylic acids is 2. The molecule has 1 saturated heterocycles. The van der Waals surface area contributed by atoms with Crippen LogP contribution in [0.2, 0.25) is 0 Å². The molecule has 2 heterocycles. The second-order valence-corrected chi connectivity index (χ2v) is 6.68. The molecule has 1 aromatic carbocycles. The molecule has 3 amide bonds. The predicted molar refractivity (Wildman–Crippen MR) is 105 cm³/mol. The van der Waals surface area contributed by atoms with Crippen LogP contribution in [0.5, 0.6) is 5.75 Å². The number of amides is 3. The molecule has 2 N–H and O–H groups in total. The van der Waals surface area contributed by atoms with Crippen molar-refractivity contribution in [3.05, 3.63) is 48.5 Å². The number of likely N-dealkylation sites (tertiary alicyclic amines) is 1. The minimum atomic E-state index is -0.653. The number of aromatic nitrogens is 1. The molecule has 8 nitrogen and oxygen atoms in total. The third-order valence-electron chi connectivity index (χ3n) is 4.59. The standard InChI is InChI=1S/C20H23FN4O4/c1-2-17-7-3-4-9-25(17)20(27)29-28-18-11-14(21)10-16(12-18)24-19(26)23-15-6-5-8-22-13-15/h5-6,8,10-13,17H,2-4,7,9H2,1H3,(H2,23,24,26)/t17-/m0/s1. The summed E-state index contributed by atoms with van der Waals surface area (Å²) >= 11 is 0. The zero-order chi connectivity index (χ0) is 20.6. The first kappa shape index (κ1) is 20.4. The van der Waals surface area contributed by atoms with Crippen molar-refractivity contribution in [2.24, 2.45) is 0 Å². The average Bonchev–Trinajstić information content (AvgIpc) is 2.72. The fourth-order valence-corrected chi connectivity index (χ4v) is 3.21. The highest BCUT2D eigenvalue weighted by molar-refractivity contribution is 5.99. The molecule has 1 aliphatic rings. The lowest BCUT2D eigenvalue weighted by Gasteiger charge is -2.33. The van der Waals surface area contributed by atoms with Gasteiger partial charge in [0.2, 0.25) is 0 Å². The Hall–Kier alpha value is -3.36. The van der Waals surface area contributed by atoms with E-state index in [-0.39, 0.29) is 17.5 Å².